The summed E-state index contributed by atoms with van der Waals surface area (Å²) >= 11 is 0. The first-order chi connectivity index (χ1) is 12.0. The average molecular weight is 338 g/mol. The van der Waals surface area contributed by atoms with Crippen molar-refractivity contribution in [3.8, 4) is 23.3 Å². The van der Waals surface area contributed by atoms with Gasteiger partial charge in [-0.05, 0) is 44.0 Å². The summed E-state index contributed by atoms with van der Waals surface area (Å²) < 4.78 is 11.8. The fourth-order valence-electron chi connectivity index (χ4n) is 2.10. The molecule has 0 spiro atoms. The van der Waals surface area contributed by atoms with Crippen LogP contribution < -0.4 is 9.47 Å². The van der Waals surface area contributed by atoms with E-state index in [1.54, 1.807) is 13.8 Å². The summed E-state index contributed by atoms with van der Waals surface area (Å²) in [4.78, 5) is 0. The van der Waals surface area contributed by atoms with Crippen molar-refractivity contribution >= 4 is 0 Å². The van der Waals surface area contributed by atoms with Crippen molar-refractivity contribution in [3.63, 3.8) is 0 Å². The van der Waals surface area contributed by atoms with Crippen LogP contribution in [0.5, 0.6) is 11.5 Å². The molecule has 25 heavy (non-hydrogen) atoms. The molecule has 2 rings (SSSR count). The summed E-state index contributed by atoms with van der Waals surface area (Å²) in [6.07, 6.45) is 2.08. The fourth-order valence-corrected chi connectivity index (χ4v) is 2.10. The zero-order valence-electron chi connectivity index (χ0n) is 15.2. The third-order valence-electron chi connectivity index (χ3n) is 3.45. The molecule has 1 N–H and O–H groups in total. The smallest absolute Gasteiger partial charge is 0.162 e. The number of hydrogen-bond donors (Lipinski definition) is 1. The quantitative estimate of drug-likeness (QED) is 0.594. The Balaban J connectivity index is 2.18. The minimum absolute atomic E-state index is 0.466. The third-order valence-corrected chi connectivity index (χ3v) is 3.45. The molecule has 132 valence electrons. The number of unbranched alkanes of at least 4 members (excludes halogenated alkanes) is 1. The van der Waals surface area contributed by atoms with Gasteiger partial charge in [-0.25, -0.2) is 0 Å². The van der Waals surface area contributed by atoms with Gasteiger partial charge in [0.05, 0.1) is 6.61 Å². The van der Waals surface area contributed by atoms with Crippen LogP contribution in [0.15, 0.2) is 48.5 Å². The Morgan fingerprint density at radius 3 is 2.44 bits per heavy atom. The van der Waals surface area contributed by atoms with Crippen LogP contribution in [0.25, 0.3) is 0 Å². The minimum Gasteiger partial charge on any atom is -0.490 e. The summed E-state index contributed by atoms with van der Waals surface area (Å²) in [7, 11) is 0. The van der Waals surface area contributed by atoms with Gasteiger partial charge in [0.2, 0.25) is 0 Å². The Morgan fingerprint density at radius 2 is 1.76 bits per heavy atom. The zero-order chi connectivity index (χ0) is 18.1. The molecule has 0 bridgehead atoms. The van der Waals surface area contributed by atoms with Crippen LogP contribution in [0, 0.1) is 11.8 Å². The van der Waals surface area contributed by atoms with Crippen LogP contribution in [-0.4, -0.2) is 17.3 Å². The van der Waals surface area contributed by atoms with Gasteiger partial charge in [0.15, 0.2) is 11.5 Å². The van der Waals surface area contributed by atoms with Gasteiger partial charge in [-0.15, -0.1) is 0 Å². The van der Waals surface area contributed by atoms with Crippen molar-refractivity contribution in [3.05, 3.63) is 59.7 Å². The summed E-state index contributed by atoms with van der Waals surface area (Å²) in [6, 6.07) is 15.6. The first-order valence-corrected chi connectivity index (χ1v) is 8.67. The lowest BCUT2D eigenvalue weighted by atomic mass is 10.1. The highest BCUT2D eigenvalue weighted by Gasteiger charge is 2.09. The van der Waals surface area contributed by atoms with Crippen LogP contribution in [0.3, 0.4) is 0 Å². The standard InChI is InChI=1S/C22H26O3/c1-4-5-15-24-20-12-11-18(13-14-22(2,3)23)16-21(20)25-17-19-9-7-6-8-10-19/h6-12,16,23H,4-5,15,17H2,1-3H3. The van der Waals surface area contributed by atoms with Gasteiger partial charge in [-0.2, -0.15) is 0 Å². The fraction of sp³-hybridized carbons (Fsp3) is 0.364. The average Bonchev–Trinajstić information content (AvgIpc) is 2.60. The van der Waals surface area contributed by atoms with E-state index >= 15 is 0 Å². The van der Waals surface area contributed by atoms with E-state index in [9.17, 15) is 5.11 Å². The van der Waals surface area contributed by atoms with Gasteiger partial charge >= 0.3 is 0 Å². The van der Waals surface area contributed by atoms with E-state index in [0.29, 0.717) is 19.0 Å². The van der Waals surface area contributed by atoms with Crippen molar-refractivity contribution < 1.29 is 14.6 Å². The van der Waals surface area contributed by atoms with E-state index in [1.165, 1.54) is 0 Å². The molecule has 0 radical (unpaired) electrons. The van der Waals surface area contributed by atoms with Crippen molar-refractivity contribution in [1.82, 2.24) is 0 Å². The molecule has 2 aromatic rings. The summed E-state index contributed by atoms with van der Waals surface area (Å²) in [5.41, 5.74) is 0.851. The monoisotopic (exact) mass is 338 g/mol. The maximum Gasteiger partial charge on any atom is 0.162 e. The molecule has 0 aliphatic heterocycles. The van der Waals surface area contributed by atoms with Crippen molar-refractivity contribution in [2.75, 3.05) is 6.61 Å². The number of aliphatic hydroxyl groups is 1. The highest BCUT2D eigenvalue weighted by atomic mass is 16.5. The van der Waals surface area contributed by atoms with E-state index < -0.39 is 5.60 Å². The van der Waals surface area contributed by atoms with E-state index in [-0.39, 0.29) is 0 Å². The van der Waals surface area contributed by atoms with Gasteiger partial charge in [0.25, 0.3) is 0 Å². The lowest BCUT2D eigenvalue weighted by Gasteiger charge is -2.13. The minimum atomic E-state index is -1.03. The van der Waals surface area contributed by atoms with E-state index in [4.69, 9.17) is 9.47 Å². The Labute approximate surface area is 150 Å². The number of rotatable bonds is 7. The zero-order valence-corrected chi connectivity index (χ0v) is 15.2. The molecule has 0 atom stereocenters. The van der Waals surface area contributed by atoms with E-state index in [2.05, 4.69) is 18.8 Å². The molecule has 0 heterocycles. The second-order valence-electron chi connectivity index (χ2n) is 6.45. The molecule has 0 amide bonds. The predicted octanol–water partition coefficient (Wildman–Crippen LogP) is 4.57. The summed E-state index contributed by atoms with van der Waals surface area (Å²) in [6.45, 7) is 6.58. The van der Waals surface area contributed by atoms with Gasteiger partial charge < -0.3 is 14.6 Å². The van der Waals surface area contributed by atoms with Gasteiger partial charge in [0, 0.05) is 5.56 Å². The molecule has 0 fully saturated rings. The summed E-state index contributed by atoms with van der Waals surface area (Å²) in [5.74, 6) is 7.19. The molecule has 0 aliphatic rings. The van der Waals surface area contributed by atoms with Crippen LogP contribution >= 0.6 is 0 Å². The first-order valence-electron chi connectivity index (χ1n) is 8.67. The molecule has 0 aliphatic carbocycles. The van der Waals surface area contributed by atoms with Crippen molar-refractivity contribution in [1.29, 1.82) is 0 Å². The number of ether oxygens (including phenoxy) is 2. The molecule has 3 heteroatoms. The van der Waals surface area contributed by atoms with E-state index in [0.717, 1.165) is 29.7 Å². The topological polar surface area (TPSA) is 38.7 Å². The highest BCUT2D eigenvalue weighted by Crippen LogP contribution is 2.29. The van der Waals surface area contributed by atoms with Crippen LogP contribution in [0.1, 0.15) is 44.7 Å². The van der Waals surface area contributed by atoms with Gasteiger partial charge in [-0.3, -0.25) is 0 Å². The van der Waals surface area contributed by atoms with E-state index in [1.807, 2.05) is 48.5 Å². The lowest BCUT2D eigenvalue weighted by molar-refractivity contribution is 0.143. The molecule has 2 aromatic carbocycles. The second kappa shape index (κ2) is 9.15. The van der Waals surface area contributed by atoms with Crippen LogP contribution in [-0.2, 0) is 6.61 Å². The molecule has 0 saturated carbocycles. The molecule has 0 aromatic heterocycles. The van der Waals surface area contributed by atoms with Crippen molar-refractivity contribution in [2.45, 2.75) is 45.8 Å². The Hall–Kier alpha value is -2.44. The molecule has 0 unspecified atom stereocenters. The summed E-state index contributed by atoms with van der Waals surface area (Å²) in [5, 5.41) is 9.77. The maximum atomic E-state index is 9.77. The van der Waals surface area contributed by atoms with Crippen molar-refractivity contribution in [2.24, 2.45) is 0 Å². The molecule has 3 nitrogen and oxygen atoms in total. The molecular weight excluding hydrogens is 312 g/mol. The third kappa shape index (κ3) is 6.91. The van der Waals surface area contributed by atoms with Gasteiger partial charge in [0.1, 0.15) is 12.2 Å². The van der Waals surface area contributed by atoms with Crippen LogP contribution in [0.4, 0.5) is 0 Å². The largest absolute Gasteiger partial charge is 0.490 e. The number of hydrogen-bond acceptors (Lipinski definition) is 3. The predicted molar refractivity (Wildman–Crippen MR) is 101 cm³/mol. The van der Waals surface area contributed by atoms with Gasteiger partial charge in [-0.1, -0.05) is 55.5 Å². The Morgan fingerprint density at radius 1 is 1.00 bits per heavy atom. The maximum absolute atomic E-state index is 9.77. The first kappa shape index (κ1) is 18.9. The Bertz CT molecular complexity index is 718. The molecular formula is C22H26O3. The lowest BCUT2D eigenvalue weighted by Crippen LogP contribution is -2.14. The Kier molecular flexibility index (Phi) is 6.91. The van der Waals surface area contributed by atoms with Crippen LogP contribution in [0.2, 0.25) is 0 Å². The second-order valence-corrected chi connectivity index (χ2v) is 6.45. The number of benzene rings is 2. The molecule has 0 saturated heterocycles. The normalized spacial score (nSPS) is 10.7. The SMILES string of the molecule is CCCCOc1ccc(C#CC(C)(C)O)cc1OCc1ccccc1. The highest BCUT2D eigenvalue weighted by molar-refractivity contribution is 5.49.